The van der Waals surface area contributed by atoms with Crippen LogP contribution >= 0.6 is 0 Å². The van der Waals surface area contributed by atoms with Crippen LogP contribution in [-0.2, 0) is 16.1 Å². The first kappa shape index (κ1) is 27.7. The van der Waals surface area contributed by atoms with Crippen LogP contribution in [0.3, 0.4) is 0 Å². The Morgan fingerprint density at radius 1 is 1.17 bits per heavy atom. The molecule has 0 fully saturated rings. The number of carboxylic acids is 2. The molecule has 1 amide bonds. The zero-order chi connectivity index (χ0) is 24.8. The van der Waals surface area contributed by atoms with Crippen LogP contribution in [0.25, 0.3) is 11.2 Å². The zero-order valence-electron chi connectivity index (χ0n) is 18.9. The number of nitrogens with one attached hydrogen (secondary N) is 4. The number of nitrogens with zero attached hydrogens (tertiary/aromatic N) is 3. The molecular weight excluding hydrogens is 471 g/mol. The van der Waals surface area contributed by atoms with Crippen LogP contribution in [0, 0.1) is 0 Å². The quantitative estimate of drug-likeness (QED) is 0.146. The number of carbonyl (C=O) groups is 3. The number of aliphatic carboxylic acids is 2. The molecule has 0 spiro atoms. The van der Waals surface area contributed by atoms with Crippen molar-refractivity contribution in [1.82, 2.24) is 30.6 Å². The van der Waals surface area contributed by atoms with Crippen molar-refractivity contribution in [3.05, 3.63) is 52.1 Å². The van der Waals surface area contributed by atoms with Gasteiger partial charge in [0.15, 0.2) is 11.2 Å². The van der Waals surface area contributed by atoms with Gasteiger partial charge in [-0.25, -0.2) is 14.8 Å². The summed E-state index contributed by atoms with van der Waals surface area (Å²) in [6, 6.07) is 3.44. The second kappa shape index (κ2) is 12.2. The van der Waals surface area contributed by atoms with Crippen LogP contribution in [0.15, 0.2) is 35.3 Å². The molecule has 15 heteroatoms. The summed E-state index contributed by atoms with van der Waals surface area (Å²) >= 11 is 0. The molecule has 0 saturated heterocycles. The van der Waals surface area contributed by atoms with Crippen molar-refractivity contribution in [2.24, 2.45) is 0 Å². The number of hydrogen-bond acceptors (Lipinski definition) is 11. The minimum atomic E-state index is -1.47. The van der Waals surface area contributed by atoms with Gasteiger partial charge in [-0.2, -0.15) is 4.98 Å². The third-order valence-electron chi connectivity index (χ3n) is 4.81. The average molecular weight is 492 g/mol. The summed E-state index contributed by atoms with van der Waals surface area (Å²) in [6.07, 6.45) is 1.05. The Balaban J connectivity index is 0.00000432. The number of carboxylic acid groups (broad SMARTS) is 2. The van der Waals surface area contributed by atoms with Gasteiger partial charge >= 0.3 is 35.5 Å². The minimum absolute atomic E-state index is 0. The SMILES string of the molecule is CNC(C[C@H](NC(=O)c1ccc(NCc2cnc3nc(N)[nH]c(=O)c3n2)cc1)C(=O)O)C(=O)[O-].[Na+]. The van der Waals surface area contributed by atoms with Gasteiger partial charge in [-0.3, -0.25) is 14.6 Å². The smallest absolute Gasteiger partial charge is 0.548 e. The maximum atomic E-state index is 12.4. The third-order valence-corrected chi connectivity index (χ3v) is 4.81. The summed E-state index contributed by atoms with van der Waals surface area (Å²) in [5.74, 6) is -3.59. The van der Waals surface area contributed by atoms with Gasteiger partial charge in [0.05, 0.1) is 24.4 Å². The predicted molar refractivity (Wildman–Crippen MR) is 117 cm³/mol. The Hall–Kier alpha value is -3.59. The van der Waals surface area contributed by atoms with Gasteiger partial charge in [0.1, 0.15) is 6.04 Å². The van der Waals surface area contributed by atoms with Crippen molar-refractivity contribution in [2.75, 3.05) is 18.1 Å². The van der Waals surface area contributed by atoms with E-state index < -0.39 is 41.9 Å². The van der Waals surface area contributed by atoms with Gasteiger partial charge in [-0.15, -0.1) is 0 Å². The van der Waals surface area contributed by atoms with E-state index >= 15 is 0 Å². The van der Waals surface area contributed by atoms with E-state index in [0.717, 1.165) is 0 Å². The molecule has 35 heavy (non-hydrogen) atoms. The maximum Gasteiger partial charge on any atom is 1.00 e. The molecule has 3 aromatic rings. The number of likely N-dealkylation sites (N-methyl/N-ethyl adjacent to an activating group) is 1. The molecule has 2 atom stereocenters. The number of benzene rings is 1. The molecule has 2 heterocycles. The summed E-state index contributed by atoms with van der Waals surface area (Å²) in [4.78, 5) is 61.4. The van der Waals surface area contributed by atoms with Crippen LogP contribution in [0.4, 0.5) is 11.6 Å². The molecule has 0 saturated carbocycles. The standard InChI is InChI=1S/C20H22N8O6.Na/c1-22-12(18(31)32)6-13(19(33)34)26-16(29)9-2-4-10(5-3-9)23-7-11-8-24-15-14(25-11)17(30)28-20(21)27-15;/h2-5,8,12-13,22-23H,6-7H2,1H3,(H,26,29)(H,31,32)(H,33,34)(H3,21,24,27,28,30);/q;+1/p-1/t12?,13-;/m0./s1. The van der Waals surface area contributed by atoms with E-state index in [9.17, 15) is 29.4 Å². The number of rotatable bonds is 10. The number of amides is 1. The van der Waals surface area contributed by atoms with Crippen LogP contribution in [0.5, 0.6) is 0 Å². The number of H-pyrrole nitrogens is 1. The fourth-order valence-electron chi connectivity index (χ4n) is 3.02. The number of nitrogens with two attached hydrogens (primary N) is 1. The Labute approximate surface area is 220 Å². The molecular formula is C20H21N8NaO6. The Kier molecular flexibility index (Phi) is 9.65. The molecule has 1 unspecified atom stereocenters. The summed E-state index contributed by atoms with van der Waals surface area (Å²) in [5.41, 5.74) is 6.40. The van der Waals surface area contributed by atoms with Crippen molar-refractivity contribution in [3.63, 3.8) is 0 Å². The van der Waals surface area contributed by atoms with Crippen LogP contribution < -0.4 is 61.9 Å². The van der Waals surface area contributed by atoms with Crippen molar-refractivity contribution < 1.29 is 54.2 Å². The van der Waals surface area contributed by atoms with E-state index in [1.54, 1.807) is 12.1 Å². The molecule has 0 aliphatic rings. The largest absolute Gasteiger partial charge is 1.00 e. The number of aromatic amines is 1. The van der Waals surface area contributed by atoms with Crippen LogP contribution in [0.1, 0.15) is 22.5 Å². The predicted octanol–water partition coefficient (Wildman–Crippen LogP) is -5.18. The van der Waals surface area contributed by atoms with Crippen LogP contribution in [-0.4, -0.2) is 62.0 Å². The molecule has 14 nitrogen and oxygen atoms in total. The number of fused-ring (bicyclic) bond motifs is 1. The molecule has 3 rings (SSSR count). The Morgan fingerprint density at radius 3 is 2.46 bits per heavy atom. The Morgan fingerprint density at radius 2 is 1.86 bits per heavy atom. The Bertz CT molecular complexity index is 1280. The molecule has 0 bridgehead atoms. The zero-order valence-corrected chi connectivity index (χ0v) is 20.9. The molecule has 7 N–H and O–H groups in total. The number of aromatic nitrogens is 4. The summed E-state index contributed by atoms with van der Waals surface area (Å²) in [5, 5.41) is 28.1. The first-order chi connectivity index (χ1) is 16.2. The normalized spacial score (nSPS) is 12.3. The van der Waals surface area contributed by atoms with E-state index in [4.69, 9.17) is 5.73 Å². The van der Waals surface area contributed by atoms with Gasteiger partial charge in [-0.05, 0) is 37.7 Å². The van der Waals surface area contributed by atoms with Gasteiger partial charge in [0.2, 0.25) is 5.95 Å². The maximum absolute atomic E-state index is 12.4. The number of carbonyl (C=O) groups excluding carboxylic acids is 2. The first-order valence-corrected chi connectivity index (χ1v) is 9.95. The van der Waals surface area contributed by atoms with Gasteiger partial charge in [0, 0.05) is 17.3 Å². The monoisotopic (exact) mass is 492 g/mol. The minimum Gasteiger partial charge on any atom is -0.548 e. The average Bonchev–Trinajstić information content (AvgIpc) is 2.80. The van der Waals surface area contributed by atoms with E-state index in [1.807, 2.05) is 0 Å². The van der Waals surface area contributed by atoms with Crippen molar-refractivity contribution in [3.8, 4) is 0 Å². The third kappa shape index (κ3) is 7.19. The molecule has 1 aromatic carbocycles. The molecule has 2 aromatic heterocycles. The molecule has 0 aliphatic heterocycles. The van der Waals surface area contributed by atoms with Crippen molar-refractivity contribution in [2.45, 2.75) is 25.0 Å². The molecule has 0 aliphatic carbocycles. The number of hydrogen-bond donors (Lipinski definition) is 6. The summed E-state index contributed by atoms with van der Waals surface area (Å²) in [6.45, 7) is 0.216. The van der Waals surface area contributed by atoms with E-state index in [1.165, 1.54) is 25.4 Å². The van der Waals surface area contributed by atoms with Gasteiger partial charge in [-0.1, -0.05) is 0 Å². The van der Waals surface area contributed by atoms with Gasteiger partial charge in [0.25, 0.3) is 11.5 Å². The second-order valence-corrected chi connectivity index (χ2v) is 7.18. The number of nitrogen functional groups attached to an aromatic ring is 1. The second-order valence-electron chi connectivity index (χ2n) is 7.18. The fraction of sp³-hybridized carbons (Fsp3) is 0.250. The van der Waals surface area contributed by atoms with E-state index in [2.05, 4.69) is 35.9 Å². The fourth-order valence-corrected chi connectivity index (χ4v) is 3.02. The van der Waals surface area contributed by atoms with E-state index in [0.29, 0.717) is 11.4 Å². The molecule has 178 valence electrons. The summed E-state index contributed by atoms with van der Waals surface area (Å²) < 4.78 is 0. The summed E-state index contributed by atoms with van der Waals surface area (Å²) in [7, 11) is 1.35. The topological polar surface area (TPSA) is 228 Å². The number of anilines is 2. The molecule has 0 radical (unpaired) electrons. The first-order valence-electron chi connectivity index (χ1n) is 9.95. The van der Waals surface area contributed by atoms with E-state index in [-0.39, 0.29) is 58.8 Å². The van der Waals surface area contributed by atoms with Crippen LogP contribution in [0.2, 0.25) is 0 Å². The van der Waals surface area contributed by atoms with Crippen molar-refractivity contribution >= 4 is 40.6 Å². The van der Waals surface area contributed by atoms with Crippen molar-refractivity contribution in [1.29, 1.82) is 0 Å². The van der Waals surface area contributed by atoms with Gasteiger partial charge < -0.3 is 36.7 Å².